The Morgan fingerprint density at radius 1 is 1.05 bits per heavy atom. The van der Waals surface area contributed by atoms with Crippen LogP contribution in [0.25, 0.3) is 17.1 Å². The van der Waals surface area contributed by atoms with E-state index in [2.05, 4.69) is 31.5 Å². The molecule has 0 saturated carbocycles. The maximum absolute atomic E-state index is 14.0. The van der Waals surface area contributed by atoms with Crippen LogP contribution in [0.2, 0.25) is 0 Å². The number of hydrogen-bond donors (Lipinski definition) is 1. The van der Waals surface area contributed by atoms with Crippen LogP contribution in [0.5, 0.6) is 0 Å². The summed E-state index contributed by atoms with van der Waals surface area (Å²) in [4.78, 5) is 0. The van der Waals surface area contributed by atoms with Crippen LogP contribution >= 0.6 is 15.9 Å². The summed E-state index contributed by atoms with van der Waals surface area (Å²) < 4.78 is 29.1. The number of anilines is 1. The Bertz CT molecular complexity index is 818. The number of nitrogens with zero attached hydrogens (tertiary/aromatic N) is 4. The number of halogens is 3. The van der Waals surface area contributed by atoms with Crippen molar-refractivity contribution < 1.29 is 8.78 Å². The summed E-state index contributed by atoms with van der Waals surface area (Å²) in [7, 11) is 0. The zero-order valence-electron chi connectivity index (χ0n) is 10.5. The fourth-order valence-corrected chi connectivity index (χ4v) is 2.21. The van der Waals surface area contributed by atoms with E-state index < -0.39 is 11.6 Å². The third kappa shape index (κ3) is 2.49. The van der Waals surface area contributed by atoms with Crippen LogP contribution < -0.4 is 5.73 Å². The molecule has 0 fully saturated rings. The van der Waals surface area contributed by atoms with Crippen LogP contribution in [0.15, 0.2) is 40.9 Å². The van der Waals surface area contributed by atoms with Crippen LogP contribution in [0.3, 0.4) is 0 Å². The summed E-state index contributed by atoms with van der Waals surface area (Å²) in [5.74, 6) is -0.757. The van der Waals surface area contributed by atoms with E-state index >= 15 is 0 Å². The minimum Gasteiger partial charge on any atom is -0.396 e. The first-order valence-corrected chi connectivity index (χ1v) is 6.65. The Morgan fingerprint density at radius 2 is 1.81 bits per heavy atom. The van der Waals surface area contributed by atoms with Gasteiger partial charge in [0.2, 0.25) is 0 Å². The standard InChI is InChI=1S/C13H8BrF2N5/c14-8-2-4-10(16)12(6-8)21-13(18-19-20-21)7-1-3-9(15)11(17)5-7/h1-6H,17H2. The van der Waals surface area contributed by atoms with Gasteiger partial charge in [-0.05, 0) is 46.8 Å². The first kappa shape index (κ1) is 13.6. The number of nitrogen functional groups attached to an aromatic ring is 1. The molecule has 0 aliphatic rings. The fourth-order valence-electron chi connectivity index (χ4n) is 1.86. The van der Waals surface area contributed by atoms with Crippen LogP contribution in [0, 0.1) is 11.6 Å². The van der Waals surface area contributed by atoms with Gasteiger partial charge < -0.3 is 5.73 Å². The fraction of sp³-hybridized carbons (Fsp3) is 0. The van der Waals surface area contributed by atoms with E-state index in [1.807, 2.05) is 0 Å². The molecule has 0 atom stereocenters. The average molecular weight is 352 g/mol. The van der Waals surface area contributed by atoms with Crippen molar-refractivity contribution in [3.63, 3.8) is 0 Å². The summed E-state index contributed by atoms with van der Waals surface area (Å²) in [6, 6.07) is 8.49. The second kappa shape index (κ2) is 5.21. The molecule has 3 rings (SSSR count). The predicted molar refractivity (Wildman–Crippen MR) is 76.6 cm³/mol. The number of benzene rings is 2. The minimum atomic E-state index is -0.536. The van der Waals surface area contributed by atoms with E-state index in [-0.39, 0.29) is 17.2 Å². The van der Waals surface area contributed by atoms with Gasteiger partial charge in [0, 0.05) is 10.0 Å². The SMILES string of the molecule is Nc1cc(-c2nnnn2-c2cc(Br)ccc2F)ccc1F. The molecule has 2 N–H and O–H groups in total. The highest BCUT2D eigenvalue weighted by molar-refractivity contribution is 9.10. The highest BCUT2D eigenvalue weighted by Gasteiger charge is 2.15. The summed E-state index contributed by atoms with van der Waals surface area (Å²) in [5.41, 5.74) is 6.16. The molecule has 8 heteroatoms. The maximum Gasteiger partial charge on any atom is 0.187 e. The molecule has 106 valence electrons. The van der Waals surface area contributed by atoms with E-state index in [4.69, 9.17) is 5.73 Å². The van der Waals surface area contributed by atoms with Crippen LogP contribution in [0.1, 0.15) is 0 Å². The monoisotopic (exact) mass is 351 g/mol. The predicted octanol–water partition coefficient (Wildman–Crippen LogP) is 2.95. The van der Waals surface area contributed by atoms with E-state index in [9.17, 15) is 8.78 Å². The first-order chi connectivity index (χ1) is 10.1. The lowest BCUT2D eigenvalue weighted by Gasteiger charge is -2.07. The van der Waals surface area contributed by atoms with Gasteiger partial charge in [-0.3, -0.25) is 0 Å². The van der Waals surface area contributed by atoms with Crippen LogP contribution in [-0.4, -0.2) is 20.2 Å². The zero-order valence-corrected chi connectivity index (χ0v) is 12.1. The molecule has 5 nitrogen and oxygen atoms in total. The normalized spacial score (nSPS) is 10.8. The van der Waals surface area contributed by atoms with Gasteiger partial charge >= 0.3 is 0 Å². The molecule has 0 amide bonds. The number of hydrogen-bond acceptors (Lipinski definition) is 4. The van der Waals surface area contributed by atoms with E-state index in [1.54, 1.807) is 12.1 Å². The Hall–Kier alpha value is -2.35. The Kier molecular flexibility index (Phi) is 3.38. The molecule has 0 radical (unpaired) electrons. The highest BCUT2D eigenvalue weighted by atomic mass is 79.9. The van der Waals surface area contributed by atoms with Crippen molar-refractivity contribution in [3.8, 4) is 17.1 Å². The second-order valence-electron chi connectivity index (χ2n) is 4.25. The highest BCUT2D eigenvalue weighted by Crippen LogP contribution is 2.25. The van der Waals surface area contributed by atoms with Gasteiger partial charge in [0.25, 0.3) is 0 Å². The Balaban J connectivity index is 2.17. The molecule has 0 saturated heterocycles. The smallest absolute Gasteiger partial charge is 0.187 e. The molecule has 3 aromatic rings. The third-order valence-electron chi connectivity index (χ3n) is 2.86. The van der Waals surface area contributed by atoms with Crippen molar-refractivity contribution in [1.82, 2.24) is 20.2 Å². The van der Waals surface area contributed by atoms with Crippen molar-refractivity contribution in [2.75, 3.05) is 5.73 Å². The molecule has 1 aromatic heterocycles. The molecule has 21 heavy (non-hydrogen) atoms. The summed E-state index contributed by atoms with van der Waals surface area (Å²) >= 11 is 3.27. The van der Waals surface area contributed by atoms with E-state index in [0.29, 0.717) is 10.0 Å². The molecule has 0 spiro atoms. The molecular weight excluding hydrogens is 344 g/mol. The second-order valence-corrected chi connectivity index (χ2v) is 5.16. The van der Waals surface area contributed by atoms with Gasteiger partial charge in [0.15, 0.2) is 5.82 Å². The Labute approximate surface area is 126 Å². The number of rotatable bonds is 2. The average Bonchev–Trinajstić information content (AvgIpc) is 2.93. The van der Waals surface area contributed by atoms with Gasteiger partial charge in [-0.1, -0.05) is 15.9 Å². The lowest BCUT2D eigenvalue weighted by molar-refractivity contribution is 0.607. The topological polar surface area (TPSA) is 69.6 Å². The summed E-state index contributed by atoms with van der Waals surface area (Å²) in [5, 5.41) is 11.2. The quantitative estimate of drug-likeness (QED) is 0.720. The van der Waals surface area contributed by atoms with Crippen LogP contribution in [0.4, 0.5) is 14.5 Å². The number of aromatic nitrogens is 4. The lowest BCUT2D eigenvalue weighted by atomic mass is 10.2. The van der Waals surface area contributed by atoms with Crippen molar-refractivity contribution >= 4 is 21.6 Å². The molecule has 1 heterocycles. The van der Waals surface area contributed by atoms with Gasteiger partial charge in [-0.15, -0.1) is 5.10 Å². The zero-order chi connectivity index (χ0) is 15.0. The molecule has 0 unspecified atom stereocenters. The molecule has 0 aliphatic carbocycles. The minimum absolute atomic E-state index is 0.0308. The van der Waals surface area contributed by atoms with Gasteiger partial charge in [-0.25, -0.2) is 8.78 Å². The first-order valence-electron chi connectivity index (χ1n) is 5.85. The molecular formula is C13H8BrF2N5. The number of nitrogens with two attached hydrogens (primary N) is 1. The van der Waals surface area contributed by atoms with Gasteiger partial charge in [0.1, 0.15) is 17.3 Å². The summed E-state index contributed by atoms with van der Waals surface area (Å²) in [6.07, 6.45) is 0. The largest absolute Gasteiger partial charge is 0.396 e. The summed E-state index contributed by atoms with van der Waals surface area (Å²) in [6.45, 7) is 0. The van der Waals surface area contributed by atoms with E-state index in [0.717, 1.165) is 0 Å². The van der Waals surface area contributed by atoms with Crippen molar-refractivity contribution in [3.05, 3.63) is 52.5 Å². The molecule has 0 aliphatic heterocycles. The van der Waals surface area contributed by atoms with Gasteiger partial charge in [0.05, 0.1) is 5.69 Å². The number of tetrazole rings is 1. The van der Waals surface area contributed by atoms with Crippen molar-refractivity contribution in [1.29, 1.82) is 0 Å². The van der Waals surface area contributed by atoms with Crippen molar-refractivity contribution in [2.45, 2.75) is 0 Å². The molecule has 0 bridgehead atoms. The van der Waals surface area contributed by atoms with Gasteiger partial charge in [-0.2, -0.15) is 4.68 Å². The maximum atomic E-state index is 14.0. The van der Waals surface area contributed by atoms with Crippen LogP contribution in [-0.2, 0) is 0 Å². The third-order valence-corrected chi connectivity index (χ3v) is 3.35. The lowest BCUT2D eigenvalue weighted by Crippen LogP contribution is -2.03. The molecule has 2 aromatic carbocycles. The Morgan fingerprint density at radius 3 is 2.57 bits per heavy atom. The van der Waals surface area contributed by atoms with Crippen molar-refractivity contribution in [2.24, 2.45) is 0 Å². The van der Waals surface area contributed by atoms with E-state index in [1.165, 1.54) is 28.9 Å².